The molecule has 0 aliphatic rings. The van der Waals surface area contributed by atoms with Gasteiger partial charge in [0.05, 0.1) is 33.0 Å². The molecule has 42 heavy (non-hydrogen) atoms. The summed E-state index contributed by atoms with van der Waals surface area (Å²) in [6.45, 7) is 0. The van der Waals surface area contributed by atoms with Gasteiger partial charge in [0.15, 0.2) is 0 Å². The van der Waals surface area contributed by atoms with Crippen molar-refractivity contribution in [2.75, 3.05) is 0 Å². The first-order chi connectivity index (χ1) is 19.9. The van der Waals surface area contributed by atoms with Gasteiger partial charge in [0.1, 0.15) is 12.1 Å². The van der Waals surface area contributed by atoms with Crippen LogP contribution in [0.3, 0.4) is 0 Å². The number of fused-ring (bicyclic) bond motifs is 2. The van der Waals surface area contributed by atoms with E-state index in [1.807, 2.05) is 12.1 Å². The van der Waals surface area contributed by atoms with Crippen molar-refractivity contribution in [2.24, 2.45) is 9.98 Å². The number of alkyl halides is 6. The molecule has 0 aliphatic heterocycles. The summed E-state index contributed by atoms with van der Waals surface area (Å²) in [7, 11) is 0. The van der Waals surface area contributed by atoms with Crippen molar-refractivity contribution >= 4 is 21.5 Å². The Kier molecular flexibility index (Phi) is 6.49. The molecule has 0 radical (unpaired) electrons. The zero-order chi connectivity index (χ0) is 30.4. The summed E-state index contributed by atoms with van der Waals surface area (Å²) < 4.78 is 78.8. The van der Waals surface area contributed by atoms with E-state index in [9.17, 15) is 47.4 Å². The summed E-state index contributed by atoms with van der Waals surface area (Å²) in [4.78, 5) is 7.67. The molecule has 0 unspecified atom stereocenters. The van der Waals surface area contributed by atoms with Crippen LogP contribution in [-0.2, 0) is 12.4 Å². The van der Waals surface area contributed by atoms with Gasteiger partial charge >= 0.3 is 12.4 Å². The van der Waals surface area contributed by atoms with Crippen molar-refractivity contribution in [1.29, 1.82) is 21.0 Å². The number of nitriles is 4. The van der Waals surface area contributed by atoms with E-state index < -0.39 is 23.5 Å². The molecule has 0 aliphatic carbocycles. The van der Waals surface area contributed by atoms with Crippen molar-refractivity contribution in [3.8, 4) is 46.8 Å². The molecule has 12 heteroatoms. The summed E-state index contributed by atoms with van der Waals surface area (Å²) in [6, 6.07) is 14.8. The smallest absolute Gasteiger partial charge is 0.192 e. The lowest BCUT2D eigenvalue weighted by molar-refractivity contribution is -0.138. The Labute approximate surface area is 231 Å². The van der Waals surface area contributed by atoms with Gasteiger partial charge in [-0.05, 0) is 47.5 Å². The molecule has 6 nitrogen and oxygen atoms in total. The molecule has 0 saturated heterocycles. The summed E-state index contributed by atoms with van der Waals surface area (Å²) in [5.41, 5.74) is -1.36. The van der Waals surface area contributed by atoms with Crippen LogP contribution in [0.2, 0.25) is 0 Å². The second kappa shape index (κ2) is 9.89. The highest BCUT2D eigenvalue weighted by atomic mass is 19.4. The molecule has 5 aromatic rings. The van der Waals surface area contributed by atoms with Crippen molar-refractivity contribution in [3.05, 3.63) is 93.6 Å². The van der Waals surface area contributed by atoms with Crippen molar-refractivity contribution in [2.45, 2.75) is 12.4 Å². The van der Waals surface area contributed by atoms with E-state index in [0.717, 1.165) is 48.5 Å². The summed E-state index contributed by atoms with van der Waals surface area (Å²) in [6.07, 6.45) is -5.94. The van der Waals surface area contributed by atoms with Gasteiger partial charge in [-0.25, -0.2) is 0 Å². The normalized spacial score (nSPS) is 12.7. The fraction of sp³-hybridized carbons (Fsp3) is 0.0667. The molecule has 0 heterocycles. The Bertz CT molecular complexity index is 2030. The van der Waals surface area contributed by atoms with E-state index in [4.69, 9.17) is 0 Å². The fourth-order valence-electron chi connectivity index (χ4n) is 4.96. The lowest BCUT2D eigenvalue weighted by Gasteiger charge is -2.07. The van der Waals surface area contributed by atoms with Gasteiger partial charge in [0, 0.05) is 32.7 Å². The molecular weight excluding hydrogens is 558 g/mol. The molecule has 5 aromatic carbocycles. The van der Waals surface area contributed by atoms with Gasteiger partial charge < -0.3 is 0 Å². The number of halogens is 6. The summed E-state index contributed by atoms with van der Waals surface area (Å²) >= 11 is 0. The van der Waals surface area contributed by atoms with Crippen LogP contribution >= 0.6 is 0 Å². The minimum atomic E-state index is -4.60. The van der Waals surface area contributed by atoms with Gasteiger partial charge in [0.2, 0.25) is 12.4 Å². The maximum Gasteiger partial charge on any atom is 0.416 e. The van der Waals surface area contributed by atoms with E-state index in [0.29, 0.717) is 0 Å². The molecule has 0 N–H and O–H groups in total. The first-order valence-electron chi connectivity index (χ1n) is 11.7. The van der Waals surface area contributed by atoms with Crippen LogP contribution in [0.25, 0.3) is 43.8 Å². The number of nitrogens with zero attached hydrogens (tertiary/aromatic N) is 6. The quantitative estimate of drug-likeness (QED) is 0.173. The maximum atomic E-state index is 13.1. The van der Waals surface area contributed by atoms with Gasteiger partial charge in [-0.15, -0.1) is 0 Å². The number of rotatable bonds is 2. The SMILES string of the molecule is N#C/N=c1/c(-c2ccc(C(F)(F)F)cc2)c(C#N)c2cc3/c(=N\C#N)c(-c4ccc(C(F)(F)F)cc4)c(C#N)c3cc12. The zero-order valence-corrected chi connectivity index (χ0v) is 20.7. The average Bonchev–Trinajstić information content (AvgIpc) is 3.42. The molecule has 0 saturated carbocycles. The molecule has 5 rings (SSSR count). The van der Waals surface area contributed by atoms with Crippen molar-refractivity contribution in [3.63, 3.8) is 0 Å². The van der Waals surface area contributed by atoms with Crippen molar-refractivity contribution < 1.29 is 26.3 Å². The third kappa shape index (κ3) is 4.38. The monoisotopic (exact) mass is 568 g/mol. The molecule has 0 aromatic heterocycles. The van der Waals surface area contributed by atoms with Crippen LogP contribution in [0.15, 0.2) is 70.6 Å². The summed E-state index contributed by atoms with van der Waals surface area (Å²) in [5.74, 6) is 0. The van der Waals surface area contributed by atoms with Crippen LogP contribution in [0.1, 0.15) is 22.3 Å². The molecule has 202 valence electrons. The molecule has 0 amide bonds. The second-order valence-corrected chi connectivity index (χ2v) is 8.94. The van der Waals surface area contributed by atoms with E-state index in [1.165, 1.54) is 12.1 Å². The highest BCUT2D eigenvalue weighted by Crippen LogP contribution is 2.37. The van der Waals surface area contributed by atoms with Crippen LogP contribution in [0, 0.1) is 45.6 Å². The van der Waals surface area contributed by atoms with Crippen LogP contribution in [-0.4, -0.2) is 0 Å². The van der Waals surface area contributed by atoms with E-state index in [1.54, 1.807) is 12.4 Å². The largest absolute Gasteiger partial charge is 0.416 e. The Morgan fingerprint density at radius 1 is 0.500 bits per heavy atom. The molecule has 0 spiro atoms. The van der Waals surface area contributed by atoms with Crippen LogP contribution < -0.4 is 10.7 Å². The predicted octanol–water partition coefficient (Wildman–Crippen LogP) is 6.75. The Morgan fingerprint density at radius 2 is 0.833 bits per heavy atom. The van der Waals surface area contributed by atoms with E-state index in [-0.39, 0.29) is 65.6 Å². The minimum Gasteiger partial charge on any atom is -0.192 e. The third-order valence-corrected chi connectivity index (χ3v) is 6.73. The second-order valence-electron chi connectivity index (χ2n) is 8.94. The lowest BCUT2D eigenvalue weighted by atomic mass is 10.0. The fourth-order valence-corrected chi connectivity index (χ4v) is 4.96. The highest BCUT2D eigenvalue weighted by Gasteiger charge is 2.31. The van der Waals surface area contributed by atoms with Gasteiger partial charge in [-0.3, -0.25) is 0 Å². The number of hydrogen-bond acceptors (Lipinski definition) is 6. The molecular formula is C30H10F6N6. The molecule has 0 fully saturated rings. The number of benzene rings is 3. The summed E-state index contributed by atoms with van der Waals surface area (Å²) in [5, 5.41) is 39.8. The molecule has 0 atom stereocenters. The number of hydrogen-bond donors (Lipinski definition) is 0. The third-order valence-electron chi connectivity index (χ3n) is 6.73. The standard InChI is InChI=1S/C30H10F6N6/c31-29(32,33)17-5-1-15(2-6-17)25-23(11-37)19-9-22-20(10-21(19)27(25)41-13-39)24(12-38)26(28(22)42-14-40)16-3-7-18(8-4-16)30(34,35)36/h1-10H/b41-27+,42-28+. The van der Waals surface area contributed by atoms with Crippen LogP contribution in [0.5, 0.6) is 0 Å². The Balaban J connectivity index is 1.88. The molecule has 0 bridgehead atoms. The highest BCUT2D eigenvalue weighted by molar-refractivity contribution is 6.10. The van der Waals surface area contributed by atoms with Gasteiger partial charge in [-0.2, -0.15) is 57.4 Å². The first-order valence-corrected chi connectivity index (χ1v) is 11.7. The van der Waals surface area contributed by atoms with Gasteiger partial charge in [0.25, 0.3) is 0 Å². The Morgan fingerprint density at radius 3 is 1.10 bits per heavy atom. The van der Waals surface area contributed by atoms with Gasteiger partial charge in [-0.1, -0.05) is 24.3 Å². The zero-order valence-electron chi connectivity index (χ0n) is 20.7. The Hall–Kier alpha value is -5.98. The predicted molar refractivity (Wildman–Crippen MR) is 136 cm³/mol. The lowest BCUT2D eigenvalue weighted by Crippen LogP contribution is -2.06. The first kappa shape index (κ1) is 27.6. The van der Waals surface area contributed by atoms with Crippen LogP contribution in [0.4, 0.5) is 26.3 Å². The van der Waals surface area contributed by atoms with Crippen molar-refractivity contribution in [1.82, 2.24) is 0 Å². The van der Waals surface area contributed by atoms with E-state index >= 15 is 0 Å². The topological polar surface area (TPSA) is 120 Å². The maximum absolute atomic E-state index is 13.1. The average molecular weight is 568 g/mol. The minimum absolute atomic E-state index is 0.0225. The van der Waals surface area contributed by atoms with E-state index in [2.05, 4.69) is 9.98 Å².